The summed E-state index contributed by atoms with van der Waals surface area (Å²) in [5.41, 5.74) is 3.20. The molecule has 1 heterocycles. The third-order valence-corrected chi connectivity index (χ3v) is 4.19. The van der Waals surface area contributed by atoms with Crippen molar-refractivity contribution in [1.29, 1.82) is 0 Å². The van der Waals surface area contributed by atoms with Gasteiger partial charge in [-0.15, -0.1) is 5.10 Å². The van der Waals surface area contributed by atoms with Crippen molar-refractivity contribution in [2.75, 3.05) is 17.2 Å². The Morgan fingerprint density at radius 3 is 2.72 bits per heavy atom. The number of halogens is 1. The molecular formula is C19H20ClN5. The Morgan fingerprint density at radius 1 is 1.08 bits per heavy atom. The van der Waals surface area contributed by atoms with Crippen LogP contribution in [-0.4, -0.2) is 21.7 Å². The van der Waals surface area contributed by atoms with Gasteiger partial charge >= 0.3 is 0 Å². The zero-order valence-electron chi connectivity index (χ0n) is 14.0. The molecule has 0 aliphatic rings. The van der Waals surface area contributed by atoms with E-state index in [4.69, 9.17) is 11.6 Å². The zero-order valence-corrected chi connectivity index (χ0v) is 14.8. The first-order valence-corrected chi connectivity index (χ1v) is 8.59. The van der Waals surface area contributed by atoms with Crippen LogP contribution in [0, 0.1) is 6.92 Å². The SMILES string of the molecule is Cc1ccc(Nc2nncc(NCCCc3ccccc3)n2)cc1Cl. The Labute approximate surface area is 152 Å². The van der Waals surface area contributed by atoms with Crippen molar-refractivity contribution >= 4 is 29.1 Å². The van der Waals surface area contributed by atoms with Crippen LogP contribution in [0.4, 0.5) is 17.5 Å². The summed E-state index contributed by atoms with van der Waals surface area (Å²) in [6.07, 6.45) is 3.67. The Kier molecular flexibility index (Phi) is 5.80. The van der Waals surface area contributed by atoms with Crippen LogP contribution in [0.15, 0.2) is 54.7 Å². The summed E-state index contributed by atoms with van der Waals surface area (Å²) >= 11 is 6.14. The van der Waals surface area contributed by atoms with E-state index in [1.807, 2.05) is 31.2 Å². The second-order valence-corrected chi connectivity index (χ2v) is 6.18. The van der Waals surface area contributed by atoms with E-state index in [1.54, 1.807) is 6.20 Å². The van der Waals surface area contributed by atoms with Gasteiger partial charge in [-0.05, 0) is 43.0 Å². The van der Waals surface area contributed by atoms with Gasteiger partial charge in [0, 0.05) is 17.3 Å². The lowest BCUT2D eigenvalue weighted by atomic mass is 10.1. The maximum atomic E-state index is 6.14. The highest BCUT2D eigenvalue weighted by atomic mass is 35.5. The molecule has 128 valence electrons. The number of rotatable bonds is 7. The molecule has 0 saturated carbocycles. The number of aromatic nitrogens is 3. The van der Waals surface area contributed by atoms with Crippen LogP contribution in [-0.2, 0) is 6.42 Å². The molecule has 0 aliphatic carbocycles. The lowest BCUT2D eigenvalue weighted by Crippen LogP contribution is -2.07. The van der Waals surface area contributed by atoms with Crippen LogP contribution in [0.5, 0.6) is 0 Å². The fourth-order valence-corrected chi connectivity index (χ4v) is 2.58. The molecule has 2 aromatic carbocycles. The maximum absolute atomic E-state index is 6.14. The van der Waals surface area contributed by atoms with Crippen molar-refractivity contribution in [2.45, 2.75) is 19.8 Å². The Morgan fingerprint density at radius 2 is 1.92 bits per heavy atom. The molecule has 3 aromatic rings. The predicted molar refractivity (Wildman–Crippen MR) is 103 cm³/mol. The zero-order chi connectivity index (χ0) is 17.5. The average Bonchev–Trinajstić information content (AvgIpc) is 2.63. The molecule has 0 amide bonds. The first-order chi connectivity index (χ1) is 12.2. The van der Waals surface area contributed by atoms with E-state index in [1.165, 1.54) is 5.56 Å². The van der Waals surface area contributed by atoms with Gasteiger partial charge in [-0.2, -0.15) is 10.1 Å². The summed E-state index contributed by atoms with van der Waals surface area (Å²) in [6, 6.07) is 16.2. The van der Waals surface area contributed by atoms with Gasteiger partial charge in [0.1, 0.15) is 0 Å². The summed E-state index contributed by atoms with van der Waals surface area (Å²) in [6.45, 7) is 2.79. The normalized spacial score (nSPS) is 10.5. The van der Waals surface area contributed by atoms with Crippen LogP contribution in [0.25, 0.3) is 0 Å². The summed E-state index contributed by atoms with van der Waals surface area (Å²) in [5.74, 6) is 1.14. The van der Waals surface area contributed by atoms with Gasteiger partial charge in [-0.25, -0.2) is 0 Å². The van der Waals surface area contributed by atoms with Crippen molar-refractivity contribution < 1.29 is 0 Å². The molecule has 0 bridgehead atoms. The number of hydrogen-bond donors (Lipinski definition) is 2. The third kappa shape index (κ3) is 5.16. The van der Waals surface area contributed by atoms with E-state index in [9.17, 15) is 0 Å². The van der Waals surface area contributed by atoms with Gasteiger partial charge in [-0.1, -0.05) is 48.0 Å². The van der Waals surface area contributed by atoms with Crippen LogP contribution >= 0.6 is 11.6 Å². The summed E-state index contributed by atoms with van der Waals surface area (Å²) in [4.78, 5) is 4.43. The quantitative estimate of drug-likeness (QED) is 0.607. The van der Waals surface area contributed by atoms with Gasteiger partial charge in [-0.3, -0.25) is 0 Å². The smallest absolute Gasteiger partial charge is 0.249 e. The van der Waals surface area contributed by atoms with E-state index in [-0.39, 0.29) is 0 Å². The fraction of sp³-hybridized carbons (Fsp3) is 0.211. The second-order valence-electron chi connectivity index (χ2n) is 5.77. The summed E-state index contributed by atoms with van der Waals surface area (Å²) in [5, 5.41) is 15.1. The molecule has 3 rings (SSSR count). The van der Waals surface area contributed by atoms with Gasteiger partial charge in [0.05, 0.1) is 6.20 Å². The van der Waals surface area contributed by atoms with Gasteiger partial charge in [0.25, 0.3) is 0 Å². The molecule has 0 aliphatic heterocycles. The van der Waals surface area contributed by atoms with Crippen LogP contribution in [0.2, 0.25) is 5.02 Å². The summed E-state index contributed by atoms with van der Waals surface area (Å²) in [7, 11) is 0. The lowest BCUT2D eigenvalue weighted by molar-refractivity contribution is 0.853. The van der Waals surface area contributed by atoms with Crippen LogP contribution in [0.3, 0.4) is 0 Å². The highest BCUT2D eigenvalue weighted by molar-refractivity contribution is 6.31. The number of hydrogen-bond acceptors (Lipinski definition) is 5. The minimum Gasteiger partial charge on any atom is -0.369 e. The lowest BCUT2D eigenvalue weighted by Gasteiger charge is -2.08. The van der Waals surface area contributed by atoms with Crippen molar-refractivity contribution in [3.8, 4) is 0 Å². The van der Waals surface area contributed by atoms with Gasteiger partial charge in [0.15, 0.2) is 5.82 Å². The molecule has 1 aromatic heterocycles. The molecule has 5 nitrogen and oxygen atoms in total. The molecule has 0 saturated heterocycles. The Balaban J connectivity index is 1.53. The summed E-state index contributed by atoms with van der Waals surface area (Å²) < 4.78 is 0. The number of aryl methyl sites for hydroxylation is 2. The number of nitrogens with one attached hydrogen (secondary N) is 2. The molecule has 0 radical (unpaired) electrons. The molecule has 25 heavy (non-hydrogen) atoms. The molecule has 0 atom stereocenters. The van der Waals surface area contributed by atoms with E-state index in [0.29, 0.717) is 16.8 Å². The van der Waals surface area contributed by atoms with Crippen molar-refractivity contribution in [3.05, 3.63) is 70.9 Å². The average molecular weight is 354 g/mol. The van der Waals surface area contributed by atoms with Crippen LogP contribution < -0.4 is 10.6 Å². The molecule has 0 unspecified atom stereocenters. The molecule has 0 spiro atoms. The number of benzene rings is 2. The second kappa shape index (κ2) is 8.44. The number of nitrogens with zero attached hydrogens (tertiary/aromatic N) is 3. The largest absolute Gasteiger partial charge is 0.369 e. The topological polar surface area (TPSA) is 62.7 Å². The minimum absolute atomic E-state index is 0.438. The molecule has 2 N–H and O–H groups in total. The van der Waals surface area contributed by atoms with Crippen molar-refractivity contribution in [2.24, 2.45) is 0 Å². The standard InChI is InChI=1S/C19H20ClN5/c1-14-9-10-16(12-17(14)20)23-19-24-18(13-22-25-19)21-11-5-8-15-6-3-2-4-7-15/h2-4,6-7,9-10,12-13H,5,8,11H2,1H3,(H2,21,23,24,25). The maximum Gasteiger partial charge on any atom is 0.249 e. The van der Waals surface area contributed by atoms with Gasteiger partial charge < -0.3 is 10.6 Å². The van der Waals surface area contributed by atoms with E-state index < -0.39 is 0 Å². The predicted octanol–water partition coefficient (Wildman–Crippen LogP) is 4.62. The molecular weight excluding hydrogens is 334 g/mol. The first-order valence-electron chi connectivity index (χ1n) is 8.21. The molecule has 0 fully saturated rings. The third-order valence-electron chi connectivity index (χ3n) is 3.78. The molecule has 6 heteroatoms. The Hall–Kier alpha value is -2.66. The van der Waals surface area contributed by atoms with Gasteiger partial charge in [0.2, 0.25) is 5.95 Å². The van der Waals surface area contributed by atoms with Crippen molar-refractivity contribution in [1.82, 2.24) is 15.2 Å². The number of anilines is 3. The van der Waals surface area contributed by atoms with E-state index >= 15 is 0 Å². The monoisotopic (exact) mass is 353 g/mol. The van der Waals surface area contributed by atoms with Crippen molar-refractivity contribution in [3.63, 3.8) is 0 Å². The fourth-order valence-electron chi connectivity index (χ4n) is 2.40. The highest BCUT2D eigenvalue weighted by Gasteiger charge is 2.03. The Bertz CT molecular complexity index is 823. The van der Waals surface area contributed by atoms with E-state index in [0.717, 1.165) is 30.6 Å². The van der Waals surface area contributed by atoms with Crippen LogP contribution in [0.1, 0.15) is 17.5 Å². The van der Waals surface area contributed by atoms with E-state index in [2.05, 4.69) is 50.1 Å². The highest BCUT2D eigenvalue weighted by Crippen LogP contribution is 2.21. The minimum atomic E-state index is 0.438. The first kappa shape index (κ1) is 17.2.